The Hall–Kier alpha value is -3.20. The summed E-state index contributed by atoms with van der Waals surface area (Å²) in [5.41, 5.74) is 15.3. The van der Waals surface area contributed by atoms with Gasteiger partial charge in [0.1, 0.15) is 5.69 Å². The number of nitrogens with two attached hydrogens (primary N) is 2. The molecule has 0 radical (unpaired) electrons. The number of pyridine rings is 1. The van der Waals surface area contributed by atoms with Crippen LogP contribution in [0.5, 0.6) is 0 Å². The molecule has 3 aromatic rings. The molecule has 32 heavy (non-hydrogen) atoms. The molecule has 1 fully saturated rings. The van der Waals surface area contributed by atoms with E-state index in [1.165, 1.54) is 0 Å². The summed E-state index contributed by atoms with van der Waals surface area (Å²) in [7, 11) is 0. The first-order chi connectivity index (χ1) is 15.5. The van der Waals surface area contributed by atoms with E-state index < -0.39 is 12.1 Å². The zero-order chi connectivity index (χ0) is 22.7. The van der Waals surface area contributed by atoms with E-state index in [1.54, 1.807) is 18.6 Å². The fraction of sp³-hybridized carbons (Fsp3) is 0.333. The van der Waals surface area contributed by atoms with Crippen molar-refractivity contribution >= 4 is 11.6 Å². The molecule has 1 aliphatic heterocycles. The van der Waals surface area contributed by atoms with Crippen molar-refractivity contribution in [3.05, 3.63) is 71.8 Å². The Morgan fingerprint density at radius 1 is 1.22 bits per heavy atom. The number of nitrogen functional groups attached to an aromatic ring is 1. The molecule has 2 aromatic heterocycles. The number of ether oxygens (including phenoxy) is 1. The van der Waals surface area contributed by atoms with Gasteiger partial charge in [0.15, 0.2) is 11.6 Å². The fourth-order valence-electron chi connectivity index (χ4n) is 4.06. The summed E-state index contributed by atoms with van der Waals surface area (Å²) in [5, 5.41) is 10.3. The molecular formula is C24H27N5O3. The number of carbonyl (C=O) groups excluding carboxylic acids is 1. The number of rotatable bonds is 6. The smallest absolute Gasteiger partial charge is 0.189 e. The second-order valence-corrected chi connectivity index (χ2v) is 7.99. The van der Waals surface area contributed by atoms with Crippen molar-refractivity contribution in [1.29, 1.82) is 0 Å². The van der Waals surface area contributed by atoms with E-state index in [2.05, 4.69) is 15.0 Å². The summed E-state index contributed by atoms with van der Waals surface area (Å²) >= 11 is 0. The number of hydrogen-bond donors (Lipinski definition) is 3. The molecule has 5 N–H and O–H groups in total. The summed E-state index contributed by atoms with van der Waals surface area (Å²) in [6, 6.07) is 10.9. The molecule has 0 spiro atoms. The summed E-state index contributed by atoms with van der Waals surface area (Å²) in [6.45, 7) is 1.95. The van der Waals surface area contributed by atoms with Crippen LogP contribution < -0.4 is 11.5 Å². The second-order valence-electron chi connectivity index (χ2n) is 7.99. The van der Waals surface area contributed by atoms with Crippen LogP contribution in [0.4, 0.5) is 5.82 Å². The molecule has 0 aliphatic carbocycles. The average molecular weight is 434 g/mol. The number of aliphatic hydroxyl groups excluding tert-OH is 1. The number of anilines is 1. The first kappa shape index (κ1) is 22.0. The van der Waals surface area contributed by atoms with Gasteiger partial charge in [-0.1, -0.05) is 37.3 Å². The lowest BCUT2D eigenvalue weighted by Gasteiger charge is -2.38. The van der Waals surface area contributed by atoms with E-state index in [-0.39, 0.29) is 35.9 Å². The van der Waals surface area contributed by atoms with Gasteiger partial charge in [0.2, 0.25) is 0 Å². The highest BCUT2D eigenvalue weighted by molar-refractivity contribution is 5.99. The van der Waals surface area contributed by atoms with E-state index >= 15 is 0 Å². The Bertz CT molecular complexity index is 1090. The number of benzene rings is 1. The number of hydrogen-bond acceptors (Lipinski definition) is 8. The quantitative estimate of drug-likeness (QED) is 0.504. The van der Waals surface area contributed by atoms with Crippen LogP contribution in [-0.4, -0.2) is 44.1 Å². The van der Waals surface area contributed by atoms with E-state index in [9.17, 15) is 9.90 Å². The number of ketones is 1. The van der Waals surface area contributed by atoms with Gasteiger partial charge in [-0.2, -0.15) is 0 Å². The van der Waals surface area contributed by atoms with Gasteiger partial charge >= 0.3 is 0 Å². The third-order valence-electron chi connectivity index (χ3n) is 5.82. The van der Waals surface area contributed by atoms with Crippen molar-refractivity contribution in [2.45, 2.75) is 50.5 Å². The molecule has 0 bridgehead atoms. The van der Waals surface area contributed by atoms with Crippen LogP contribution in [0.2, 0.25) is 0 Å². The van der Waals surface area contributed by atoms with Crippen LogP contribution in [-0.2, 0) is 11.2 Å². The highest BCUT2D eigenvalue weighted by Gasteiger charge is 2.36. The fourth-order valence-corrected chi connectivity index (χ4v) is 4.06. The van der Waals surface area contributed by atoms with E-state index in [1.807, 2.05) is 43.3 Å². The zero-order valence-electron chi connectivity index (χ0n) is 17.9. The lowest BCUT2D eigenvalue weighted by Crippen LogP contribution is -2.49. The Labute approximate surface area is 186 Å². The van der Waals surface area contributed by atoms with Crippen molar-refractivity contribution in [1.82, 2.24) is 15.0 Å². The molecule has 0 saturated carbocycles. The van der Waals surface area contributed by atoms with E-state index in [0.29, 0.717) is 24.1 Å². The molecule has 3 heterocycles. The normalized spacial score (nSPS) is 23.1. The molecule has 1 aliphatic rings. The van der Waals surface area contributed by atoms with Crippen molar-refractivity contribution in [2.24, 2.45) is 5.73 Å². The lowest BCUT2D eigenvalue weighted by molar-refractivity contribution is -0.129. The zero-order valence-corrected chi connectivity index (χ0v) is 17.9. The molecule has 4 atom stereocenters. The molecule has 1 aromatic carbocycles. The van der Waals surface area contributed by atoms with E-state index in [0.717, 1.165) is 11.1 Å². The highest BCUT2D eigenvalue weighted by atomic mass is 16.5. The van der Waals surface area contributed by atoms with Crippen molar-refractivity contribution in [2.75, 3.05) is 5.73 Å². The maximum Gasteiger partial charge on any atom is 0.189 e. The molecule has 166 valence electrons. The van der Waals surface area contributed by atoms with Gasteiger partial charge in [0.25, 0.3) is 0 Å². The van der Waals surface area contributed by atoms with Gasteiger partial charge in [0.05, 0.1) is 30.2 Å². The van der Waals surface area contributed by atoms with Gasteiger partial charge in [-0.15, -0.1) is 0 Å². The van der Waals surface area contributed by atoms with Crippen LogP contribution >= 0.6 is 0 Å². The minimum Gasteiger partial charge on any atom is -0.389 e. The molecule has 0 amide bonds. The monoisotopic (exact) mass is 433 g/mol. The number of Topliss-reactive ketones (excluding diaryl/α,β-unsaturated/α-hetero) is 1. The lowest BCUT2D eigenvalue weighted by atomic mass is 9.89. The highest BCUT2D eigenvalue weighted by Crippen LogP contribution is 2.34. The topological polar surface area (TPSA) is 137 Å². The first-order valence-electron chi connectivity index (χ1n) is 10.7. The minimum atomic E-state index is -0.709. The van der Waals surface area contributed by atoms with Crippen LogP contribution in [0.3, 0.4) is 0 Å². The number of carbonyl (C=O) groups is 1. The van der Waals surface area contributed by atoms with E-state index in [4.69, 9.17) is 16.2 Å². The third kappa shape index (κ3) is 4.52. The van der Waals surface area contributed by atoms with Gasteiger partial charge in [-0.3, -0.25) is 9.78 Å². The Morgan fingerprint density at radius 2 is 2.00 bits per heavy atom. The third-order valence-corrected chi connectivity index (χ3v) is 5.82. The maximum atomic E-state index is 13.2. The van der Waals surface area contributed by atoms with Gasteiger partial charge < -0.3 is 21.3 Å². The molecule has 8 heteroatoms. The molecule has 0 unspecified atom stereocenters. The van der Waals surface area contributed by atoms with Gasteiger partial charge in [-0.25, -0.2) is 9.97 Å². The largest absolute Gasteiger partial charge is 0.389 e. The number of aliphatic hydroxyl groups is 1. The summed E-state index contributed by atoms with van der Waals surface area (Å²) < 4.78 is 6.11. The van der Waals surface area contributed by atoms with Crippen LogP contribution in [0, 0.1) is 0 Å². The summed E-state index contributed by atoms with van der Waals surface area (Å²) in [6.07, 6.45) is 4.62. The predicted octanol–water partition coefficient (Wildman–Crippen LogP) is 2.47. The van der Waals surface area contributed by atoms with Crippen molar-refractivity contribution < 1.29 is 14.6 Å². The second kappa shape index (κ2) is 9.52. The first-order valence-corrected chi connectivity index (χ1v) is 10.7. The molecule has 1 saturated heterocycles. The van der Waals surface area contributed by atoms with Crippen molar-refractivity contribution in [3.63, 3.8) is 0 Å². The summed E-state index contributed by atoms with van der Waals surface area (Å²) in [5.74, 6) is -0.167. The average Bonchev–Trinajstić information content (AvgIpc) is 2.82. The maximum absolute atomic E-state index is 13.2. The van der Waals surface area contributed by atoms with Crippen LogP contribution in [0.25, 0.3) is 11.3 Å². The standard InChI is InChI=1S/C24H27N5O3/c1-2-20-23(31)17(25)11-21(32-20)16-8-9-27-12-15(16)10-19(30)22-24(26)28-13-18(29-22)14-6-4-3-5-7-14/h3-9,12-13,17,20-21,23,31H,2,10-11,25H2,1H3,(H2,26,28)/t17-,20-,21-,23+/m0/s1. The predicted molar refractivity (Wildman–Crippen MR) is 121 cm³/mol. The molecule has 4 rings (SSSR count). The summed E-state index contributed by atoms with van der Waals surface area (Å²) in [4.78, 5) is 26.0. The minimum absolute atomic E-state index is 0.0503. The Balaban J connectivity index is 1.60. The number of aromatic nitrogens is 3. The Morgan fingerprint density at radius 3 is 2.75 bits per heavy atom. The van der Waals surface area contributed by atoms with Crippen LogP contribution in [0.15, 0.2) is 55.0 Å². The number of nitrogens with zero attached hydrogens (tertiary/aromatic N) is 3. The molecule has 8 nitrogen and oxygen atoms in total. The molecular weight excluding hydrogens is 406 g/mol. The van der Waals surface area contributed by atoms with Gasteiger partial charge in [0, 0.05) is 30.4 Å². The Kier molecular flexibility index (Phi) is 6.55. The SMILES string of the molecule is CC[C@@H]1O[C@H](c2ccncc2CC(=O)c2nc(-c3ccccc3)cnc2N)C[C@H](N)[C@H]1O. The van der Waals surface area contributed by atoms with Crippen molar-refractivity contribution in [3.8, 4) is 11.3 Å². The van der Waals surface area contributed by atoms with Crippen LogP contribution in [0.1, 0.15) is 47.5 Å². The van der Waals surface area contributed by atoms with Gasteiger partial charge in [-0.05, 0) is 30.0 Å².